The van der Waals surface area contributed by atoms with Crippen LogP contribution in [0.1, 0.15) is 23.2 Å². The fraction of sp³-hybridized carbons (Fsp3) is 0.455. The lowest BCUT2D eigenvalue weighted by molar-refractivity contribution is -0.137. The predicted molar refractivity (Wildman–Crippen MR) is 76.0 cm³/mol. The minimum Gasteiger partial charge on any atom is -0.480 e. The molecule has 0 atom stereocenters. The molecule has 0 aliphatic heterocycles. The largest absolute Gasteiger partial charge is 0.480 e. The molecule has 98 valence electrons. The van der Waals surface area contributed by atoms with Gasteiger partial charge in [0.25, 0.3) is 5.91 Å². The average molecular weight is 397 g/mol. The van der Waals surface area contributed by atoms with Crippen LogP contribution in [-0.2, 0) is 4.79 Å². The number of hydrogen-bond donors (Lipinski definition) is 1. The van der Waals surface area contributed by atoms with Crippen molar-refractivity contribution in [3.05, 3.63) is 19.2 Å². The van der Waals surface area contributed by atoms with E-state index in [2.05, 4.69) is 31.9 Å². The van der Waals surface area contributed by atoms with Gasteiger partial charge in [-0.25, -0.2) is 0 Å². The topological polar surface area (TPSA) is 57.6 Å². The molecule has 1 N–H and O–H groups in total. The van der Waals surface area contributed by atoms with E-state index in [-0.39, 0.29) is 12.5 Å². The number of thiophene rings is 1. The van der Waals surface area contributed by atoms with Gasteiger partial charge < -0.3 is 10.0 Å². The molecule has 1 aliphatic carbocycles. The molecular weight excluding hydrogens is 386 g/mol. The van der Waals surface area contributed by atoms with Crippen LogP contribution in [0.15, 0.2) is 13.6 Å². The second kappa shape index (κ2) is 5.71. The van der Waals surface area contributed by atoms with Crippen LogP contribution < -0.4 is 0 Å². The Morgan fingerprint density at radius 3 is 2.56 bits per heavy atom. The predicted octanol–water partition coefficient (Wildman–Crippen LogP) is 3.21. The quantitative estimate of drug-likeness (QED) is 0.831. The van der Waals surface area contributed by atoms with E-state index in [1.54, 1.807) is 6.07 Å². The molecule has 2 rings (SSSR count). The van der Waals surface area contributed by atoms with Gasteiger partial charge in [-0.3, -0.25) is 9.59 Å². The van der Waals surface area contributed by atoms with Crippen LogP contribution in [0.4, 0.5) is 0 Å². The van der Waals surface area contributed by atoms with Crippen LogP contribution in [-0.4, -0.2) is 35.0 Å². The minimum atomic E-state index is -0.977. The minimum absolute atomic E-state index is 0.224. The van der Waals surface area contributed by atoms with Crippen molar-refractivity contribution in [1.82, 2.24) is 4.90 Å². The molecule has 4 nitrogen and oxygen atoms in total. The van der Waals surface area contributed by atoms with Crippen molar-refractivity contribution in [2.45, 2.75) is 12.8 Å². The van der Waals surface area contributed by atoms with Crippen molar-refractivity contribution >= 4 is 55.1 Å². The molecule has 0 saturated heterocycles. The first-order chi connectivity index (χ1) is 8.47. The summed E-state index contributed by atoms with van der Waals surface area (Å²) in [6.45, 7) is 0.292. The number of carboxylic acid groups (broad SMARTS) is 1. The number of carboxylic acids is 1. The summed E-state index contributed by atoms with van der Waals surface area (Å²) in [7, 11) is 0. The Kier molecular flexibility index (Phi) is 4.45. The summed E-state index contributed by atoms with van der Waals surface area (Å²) >= 11 is 8.05. The van der Waals surface area contributed by atoms with Crippen molar-refractivity contribution in [2.75, 3.05) is 13.1 Å². The Morgan fingerprint density at radius 2 is 2.11 bits per heavy atom. The molecule has 1 aromatic rings. The highest BCUT2D eigenvalue weighted by Gasteiger charge is 2.29. The van der Waals surface area contributed by atoms with Gasteiger partial charge in [0.1, 0.15) is 6.54 Å². The average Bonchev–Trinajstić information content (AvgIpc) is 3.01. The fourth-order valence-electron chi connectivity index (χ4n) is 1.65. The van der Waals surface area contributed by atoms with Crippen LogP contribution >= 0.6 is 43.2 Å². The van der Waals surface area contributed by atoms with E-state index in [4.69, 9.17) is 5.11 Å². The van der Waals surface area contributed by atoms with Gasteiger partial charge in [-0.05, 0) is 56.7 Å². The normalized spacial score (nSPS) is 14.6. The van der Waals surface area contributed by atoms with Crippen LogP contribution in [0, 0.1) is 5.92 Å². The monoisotopic (exact) mass is 395 g/mol. The number of halogens is 2. The molecular formula is C11H11Br2NO3S. The summed E-state index contributed by atoms with van der Waals surface area (Å²) in [6, 6.07) is 1.72. The van der Waals surface area contributed by atoms with Crippen molar-refractivity contribution in [1.29, 1.82) is 0 Å². The van der Waals surface area contributed by atoms with Crippen molar-refractivity contribution in [2.24, 2.45) is 5.92 Å². The lowest BCUT2D eigenvalue weighted by Crippen LogP contribution is -2.37. The fourth-order valence-corrected chi connectivity index (χ4v) is 4.43. The van der Waals surface area contributed by atoms with Gasteiger partial charge in [0.2, 0.25) is 0 Å². The van der Waals surface area contributed by atoms with Gasteiger partial charge >= 0.3 is 5.97 Å². The van der Waals surface area contributed by atoms with Crippen LogP contribution in [0.3, 0.4) is 0 Å². The Morgan fingerprint density at radius 1 is 1.44 bits per heavy atom. The summed E-state index contributed by atoms with van der Waals surface area (Å²) in [4.78, 5) is 24.5. The lowest BCUT2D eigenvalue weighted by atomic mass is 10.2. The van der Waals surface area contributed by atoms with E-state index in [9.17, 15) is 9.59 Å². The van der Waals surface area contributed by atoms with Crippen LogP contribution in [0.5, 0.6) is 0 Å². The summed E-state index contributed by atoms with van der Waals surface area (Å²) in [5.41, 5.74) is 0.522. The molecule has 7 heteroatoms. The Labute approximate surface area is 125 Å². The van der Waals surface area contributed by atoms with E-state index in [1.165, 1.54) is 16.2 Å². The first kappa shape index (κ1) is 14.0. The Hall–Kier alpha value is -0.400. The van der Waals surface area contributed by atoms with Crippen molar-refractivity contribution < 1.29 is 14.7 Å². The van der Waals surface area contributed by atoms with Crippen LogP contribution in [0.2, 0.25) is 0 Å². The zero-order chi connectivity index (χ0) is 13.3. The van der Waals surface area contributed by atoms with E-state index < -0.39 is 5.97 Å². The maximum Gasteiger partial charge on any atom is 0.323 e. The van der Waals surface area contributed by atoms with Gasteiger partial charge in [-0.1, -0.05) is 0 Å². The summed E-state index contributed by atoms with van der Waals surface area (Å²) in [5, 5.41) is 8.88. The Bertz CT molecular complexity index is 485. The molecule has 1 fully saturated rings. The second-order valence-corrected chi connectivity index (χ2v) is 8.01. The number of carbonyl (C=O) groups is 2. The first-order valence-corrected chi connectivity index (χ1v) is 7.83. The van der Waals surface area contributed by atoms with Gasteiger partial charge in [0.15, 0.2) is 0 Å². The van der Waals surface area contributed by atoms with Crippen molar-refractivity contribution in [3.8, 4) is 0 Å². The van der Waals surface area contributed by atoms with Gasteiger partial charge in [0.05, 0.1) is 13.1 Å². The molecule has 0 aromatic carbocycles. The SMILES string of the molecule is O=C(O)CN(CC1CC1)C(=O)c1cc(Br)sc1Br. The third-order valence-corrected chi connectivity index (χ3v) is 5.02. The zero-order valence-electron chi connectivity index (χ0n) is 9.36. The second-order valence-electron chi connectivity index (χ2n) is 4.26. The maximum atomic E-state index is 12.3. The first-order valence-electron chi connectivity index (χ1n) is 5.43. The molecule has 1 aromatic heterocycles. The molecule has 1 saturated carbocycles. The third-order valence-electron chi connectivity index (χ3n) is 2.68. The molecule has 0 bridgehead atoms. The molecule has 0 unspecified atom stereocenters. The lowest BCUT2D eigenvalue weighted by Gasteiger charge is -2.20. The number of aliphatic carboxylic acids is 1. The number of amides is 1. The van der Waals surface area contributed by atoms with E-state index >= 15 is 0 Å². The highest BCUT2D eigenvalue weighted by Crippen LogP contribution is 2.34. The highest BCUT2D eigenvalue weighted by atomic mass is 79.9. The number of carbonyl (C=O) groups excluding carboxylic acids is 1. The summed E-state index contributed by atoms with van der Waals surface area (Å²) in [5.74, 6) is -0.735. The molecule has 0 spiro atoms. The number of rotatable bonds is 5. The van der Waals surface area contributed by atoms with E-state index in [0.717, 1.165) is 20.4 Å². The molecule has 1 heterocycles. The molecule has 18 heavy (non-hydrogen) atoms. The van der Waals surface area contributed by atoms with Crippen molar-refractivity contribution in [3.63, 3.8) is 0 Å². The number of hydrogen-bond acceptors (Lipinski definition) is 3. The van der Waals surface area contributed by atoms with Gasteiger partial charge in [-0.2, -0.15) is 0 Å². The Balaban J connectivity index is 2.15. The highest BCUT2D eigenvalue weighted by molar-refractivity contribution is 9.12. The van der Waals surface area contributed by atoms with Gasteiger partial charge in [-0.15, -0.1) is 11.3 Å². The number of nitrogens with zero attached hydrogens (tertiary/aromatic N) is 1. The summed E-state index contributed by atoms with van der Waals surface area (Å²) < 4.78 is 1.57. The van der Waals surface area contributed by atoms with E-state index in [1.807, 2.05) is 0 Å². The molecule has 1 aliphatic rings. The smallest absolute Gasteiger partial charge is 0.323 e. The zero-order valence-corrected chi connectivity index (χ0v) is 13.3. The standard InChI is InChI=1S/C11H11Br2NO3S/c12-8-3-7(10(13)18-8)11(17)14(5-9(15)16)4-6-1-2-6/h3,6H,1-2,4-5H2,(H,15,16). The molecule has 0 radical (unpaired) electrons. The van der Waals surface area contributed by atoms with Crippen LogP contribution in [0.25, 0.3) is 0 Å². The summed E-state index contributed by atoms with van der Waals surface area (Å²) in [6.07, 6.45) is 2.16. The van der Waals surface area contributed by atoms with Gasteiger partial charge in [0, 0.05) is 6.54 Å². The third kappa shape index (κ3) is 3.55. The van der Waals surface area contributed by atoms with E-state index in [0.29, 0.717) is 18.0 Å². The molecule has 1 amide bonds. The maximum absolute atomic E-state index is 12.3.